The Morgan fingerprint density at radius 3 is 1.98 bits per heavy atom. The van der Waals surface area contributed by atoms with E-state index in [1.54, 1.807) is 0 Å². The minimum Gasteiger partial charge on any atom is -0.455 e. The van der Waals surface area contributed by atoms with Crippen molar-refractivity contribution in [1.29, 1.82) is 0 Å². The van der Waals surface area contributed by atoms with Crippen molar-refractivity contribution in [2.24, 2.45) is 0 Å². The predicted molar refractivity (Wildman–Crippen MR) is 274 cm³/mol. The van der Waals surface area contributed by atoms with Gasteiger partial charge in [-0.3, -0.25) is 0 Å². The van der Waals surface area contributed by atoms with E-state index in [1.807, 2.05) is 18.2 Å². The molecule has 0 N–H and O–H groups in total. The highest BCUT2D eigenvalue weighted by Gasteiger charge is 2.25. The Hall–Kier alpha value is -8.86. The maximum Gasteiger partial charge on any atom is 0.152 e. The summed E-state index contributed by atoms with van der Waals surface area (Å²) in [4.78, 5) is 2.39. The van der Waals surface area contributed by atoms with Gasteiger partial charge in [-0.05, 0) is 117 Å². The van der Waals surface area contributed by atoms with E-state index in [4.69, 9.17) is 9.15 Å². The molecule has 1 aliphatic heterocycles. The Bertz CT molecular complexity index is 4100. The largest absolute Gasteiger partial charge is 0.455 e. The molecule has 66 heavy (non-hydrogen) atoms. The first kappa shape index (κ1) is 36.6. The minimum atomic E-state index is 0.864. The molecule has 11 aromatic carbocycles. The molecule has 1 aliphatic rings. The smallest absolute Gasteiger partial charge is 0.152 e. The molecule has 0 atom stereocenters. The molecule has 0 amide bonds. The monoisotopic (exact) mass is 842 g/mol. The molecule has 4 heteroatoms. The van der Waals surface area contributed by atoms with Gasteiger partial charge in [-0.2, -0.15) is 0 Å². The van der Waals surface area contributed by atoms with Gasteiger partial charge in [0.2, 0.25) is 0 Å². The van der Waals surface area contributed by atoms with Gasteiger partial charge in [-0.15, -0.1) is 0 Å². The summed E-state index contributed by atoms with van der Waals surface area (Å²) in [6.07, 6.45) is 0. The lowest BCUT2D eigenvalue weighted by Gasteiger charge is -2.28. The zero-order valence-corrected chi connectivity index (χ0v) is 35.7. The van der Waals surface area contributed by atoms with Crippen LogP contribution in [0.2, 0.25) is 0 Å². The van der Waals surface area contributed by atoms with Crippen molar-refractivity contribution >= 4 is 82.4 Å². The van der Waals surface area contributed by atoms with Crippen molar-refractivity contribution in [3.8, 4) is 50.6 Å². The first-order valence-corrected chi connectivity index (χ1v) is 22.5. The number of hydrogen-bond donors (Lipinski definition) is 0. The Morgan fingerprint density at radius 2 is 1.03 bits per heavy atom. The molecule has 308 valence electrons. The Kier molecular flexibility index (Phi) is 7.95. The number of rotatable bonds is 6. The quantitative estimate of drug-likeness (QED) is 0.156. The van der Waals surface area contributed by atoms with Gasteiger partial charge < -0.3 is 18.6 Å². The van der Waals surface area contributed by atoms with Gasteiger partial charge in [-0.25, -0.2) is 0 Å². The highest BCUT2D eigenvalue weighted by atomic mass is 16.5. The number of para-hydroxylation sites is 6. The predicted octanol–water partition coefficient (Wildman–Crippen LogP) is 17.6. The lowest BCUT2D eigenvalue weighted by molar-refractivity contribution is 0.476. The van der Waals surface area contributed by atoms with Crippen LogP contribution in [0, 0.1) is 0 Å². The fraction of sp³-hybridized carbons (Fsp3) is 0. The molecule has 0 saturated heterocycles. The molecule has 0 unspecified atom stereocenters. The van der Waals surface area contributed by atoms with Gasteiger partial charge in [0.05, 0.1) is 22.4 Å². The van der Waals surface area contributed by atoms with E-state index < -0.39 is 0 Å². The lowest BCUT2D eigenvalue weighted by atomic mass is 9.96. The van der Waals surface area contributed by atoms with E-state index >= 15 is 0 Å². The molecule has 13 aromatic rings. The summed E-state index contributed by atoms with van der Waals surface area (Å²) in [5, 5.41) is 9.61. The number of fused-ring (bicyclic) bond motifs is 11. The SMILES string of the molecule is c1cc(-c2ccc3c(c2)c2cccc4c2n3-c2ccccc2O4)cc(N(c2ccc(-c3ccc4c(ccc5ccccc54)c3)cc2)c2ccccc2-c2cccc3c2oc2ccccc23)c1. The molecular weight excluding hydrogens is 805 g/mol. The van der Waals surface area contributed by atoms with Crippen molar-refractivity contribution in [2.75, 3.05) is 4.90 Å². The summed E-state index contributed by atoms with van der Waals surface area (Å²) in [6, 6.07) is 82.9. The van der Waals surface area contributed by atoms with Gasteiger partial charge in [-0.1, -0.05) is 158 Å². The number of ether oxygens (including phenoxy) is 1. The standard InChI is InChI=1S/C62H38N2O2/c1-2-15-47-40(12-1)26-27-44-36-42(30-34-48(44)47)39-28-32-45(33-29-39)63(55-21-5-3-16-49(55)52-19-10-20-53-50-17-4-7-23-58(50)66-62(52)53)46-14-9-13-41(37-46)43-31-35-56-54(38-43)51-18-11-25-60-61(51)64(56)57-22-6-8-24-59(57)65-60/h1-38H. The Morgan fingerprint density at radius 1 is 0.364 bits per heavy atom. The fourth-order valence-corrected chi connectivity index (χ4v) is 10.5. The Labute approximate surface area is 380 Å². The molecule has 4 nitrogen and oxygen atoms in total. The summed E-state index contributed by atoms with van der Waals surface area (Å²) in [5.74, 6) is 1.74. The second kappa shape index (κ2) is 14.3. The van der Waals surface area contributed by atoms with Crippen LogP contribution in [0.15, 0.2) is 235 Å². The summed E-state index contributed by atoms with van der Waals surface area (Å²) in [7, 11) is 0. The molecular formula is C62H38N2O2. The minimum absolute atomic E-state index is 0.864. The van der Waals surface area contributed by atoms with Gasteiger partial charge >= 0.3 is 0 Å². The molecule has 0 saturated carbocycles. The molecule has 0 radical (unpaired) electrons. The van der Waals surface area contributed by atoms with Crippen LogP contribution >= 0.6 is 0 Å². The highest BCUT2D eigenvalue weighted by Crippen LogP contribution is 2.48. The summed E-state index contributed by atoms with van der Waals surface area (Å²) < 4.78 is 15.4. The Balaban J connectivity index is 0.926. The number of hydrogen-bond acceptors (Lipinski definition) is 3. The highest BCUT2D eigenvalue weighted by molar-refractivity contribution is 6.14. The summed E-state index contributed by atoms with van der Waals surface area (Å²) >= 11 is 0. The average Bonchev–Trinajstić information content (AvgIpc) is 3.94. The molecule has 3 heterocycles. The summed E-state index contributed by atoms with van der Waals surface area (Å²) in [6.45, 7) is 0. The topological polar surface area (TPSA) is 30.5 Å². The first-order valence-electron chi connectivity index (χ1n) is 22.5. The molecule has 0 aliphatic carbocycles. The van der Waals surface area contributed by atoms with Crippen molar-refractivity contribution in [2.45, 2.75) is 0 Å². The van der Waals surface area contributed by atoms with Crippen molar-refractivity contribution in [1.82, 2.24) is 4.57 Å². The van der Waals surface area contributed by atoms with E-state index in [9.17, 15) is 0 Å². The van der Waals surface area contributed by atoms with E-state index in [0.717, 1.165) is 95.0 Å². The van der Waals surface area contributed by atoms with Crippen LogP contribution in [0.4, 0.5) is 17.1 Å². The van der Waals surface area contributed by atoms with Gasteiger partial charge in [0, 0.05) is 44.0 Å². The van der Waals surface area contributed by atoms with E-state index in [-0.39, 0.29) is 0 Å². The van der Waals surface area contributed by atoms with Gasteiger partial charge in [0.1, 0.15) is 11.2 Å². The number of aromatic nitrogens is 1. The number of furan rings is 1. The van der Waals surface area contributed by atoms with Crippen LogP contribution in [0.25, 0.3) is 104 Å². The van der Waals surface area contributed by atoms with Crippen molar-refractivity contribution in [3.05, 3.63) is 231 Å². The molecule has 0 bridgehead atoms. The second-order valence-electron chi connectivity index (χ2n) is 17.2. The third kappa shape index (κ3) is 5.58. The van der Waals surface area contributed by atoms with Crippen molar-refractivity contribution in [3.63, 3.8) is 0 Å². The van der Waals surface area contributed by atoms with Gasteiger partial charge in [0.15, 0.2) is 11.5 Å². The molecule has 0 spiro atoms. The maximum absolute atomic E-state index is 6.66. The summed E-state index contributed by atoms with van der Waals surface area (Å²) in [5.41, 5.74) is 15.0. The second-order valence-corrected chi connectivity index (χ2v) is 17.2. The van der Waals surface area contributed by atoms with E-state index in [2.05, 4.69) is 222 Å². The maximum atomic E-state index is 6.66. The number of nitrogens with zero attached hydrogens (tertiary/aromatic N) is 2. The molecule has 0 fully saturated rings. The van der Waals surface area contributed by atoms with E-state index in [1.165, 1.54) is 37.9 Å². The zero-order valence-electron chi connectivity index (χ0n) is 35.7. The van der Waals surface area contributed by atoms with E-state index in [0.29, 0.717) is 0 Å². The van der Waals surface area contributed by atoms with Crippen LogP contribution in [0.5, 0.6) is 11.5 Å². The van der Waals surface area contributed by atoms with Crippen LogP contribution in [-0.4, -0.2) is 4.57 Å². The van der Waals surface area contributed by atoms with Crippen LogP contribution < -0.4 is 9.64 Å². The third-order valence-corrected chi connectivity index (χ3v) is 13.6. The first-order chi connectivity index (χ1) is 32.7. The average molecular weight is 843 g/mol. The lowest BCUT2D eigenvalue weighted by Crippen LogP contribution is -2.11. The number of anilines is 3. The number of benzene rings is 11. The zero-order chi connectivity index (χ0) is 43.3. The molecule has 2 aromatic heterocycles. The van der Waals surface area contributed by atoms with Crippen LogP contribution in [0.3, 0.4) is 0 Å². The fourth-order valence-electron chi connectivity index (χ4n) is 10.5. The van der Waals surface area contributed by atoms with Crippen molar-refractivity contribution < 1.29 is 9.15 Å². The van der Waals surface area contributed by atoms with Crippen LogP contribution in [0.1, 0.15) is 0 Å². The van der Waals surface area contributed by atoms with Gasteiger partial charge in [0.25, 0.3) is 0 Å². The third-order valence-electron chi connectivity index (χ3n) is 13.6. The van der Waals surface area contributed by atoms with Crippen LogP contribution in [-0.2, 0) is 0 Å². The normalized spacial score (nSPS) is 12.1. The molecule has 14 rings (SSSR count).